The number of carbonyl (C=O) groups excluding carboxylic acids is 2. The summed E-state index contributed by atoms with van der Waals surface area (Å²) in [6.45, 7) is 12.5. The average molecular weight is 574 g/mol. The zero-order valence-electron chi connectivity index (χ0n) is 21.1. The molecule has 0 saturated carbocycles. The van der Waals surface area contributed by atoms with Crippen molar-refractivity contribution in [2.45, 2.75) is 68.4 Å². The maximum atomic E-state index is 12.5. The van der Waals surface area contributed by atoms with E-state index < -0.39 is 8.65 Å². The number of hydrogen-bond donors (Lipinski definition) is 0. The second-order valence-corrected chi connectivity index (χ2v) is 13.8. The van der Waals surface area contributed by atoms with Crippen LogP contribution in [0.3, 0.4) is 0 Å². The van der Waals surface area contributed by atoms with Crippen molar-refractivity contribution < 1.29 is 28.0 Å². The first-order valence-electron chi connectivity index (χ1n) is 11.4. The van der Waals surface area contributed by atoms with Crippen molar-refractivity contribution in [2.24, 2.45) is 0 Å². The Labute approximate surface area is 207 Å². The maximum absolute atomic E-state index is 12.5. The number of quaternary nitrogens is 2. The van der Waals surface area contributed by atoms with E-state index in [1.807, 2.05) is 13.8 Å². The molecule has 0 aliphatic rings. The first kappa shape index (κ1) is 30.8. The minimum atomic E-state index is -0.760. The monoisotopic (exact) mass is 572 g/mol. The molecule has 0 aromatic heterocycles. The highest BCUT2D eigenvalue weighted by molar-refractivity contribution is 9.10. The van der Waals surface area contributed by atoms with Crippen molar-refractivity contribution >= 4 is 43.8 Å². The van der Waals surface area contributed by atoms with Crippen LogP contribution in [-0.4, -0.2) is 97.1 Å². The first-order chi connectivity index (χ1) is 14.1. The smallest absolute Gasteiger partial charge is 0.322 e. The van der Waals surface area contributed by atoms with Gasteiger partial charge in [0, 0.05) is 0 Å². The number of alkyl halides is 2. The fourth-order valence-corrected chi connectivity index (χ4v) is 4.25. The van der Waals surface area contributed by atoms with Gasteiger partial charge in [0.25, 0.3) is 0 Å². The van der Waals surface area contributed by atoms with E-state index in [1.165, 1.54) is 0 Å². The number of esters is 2. The van der Waals surface area contributed by atoms with Gasteiger partial charge in [-0.1, -0.05) is 45.7 Å². The van der Waals surface area contributed by atoms with Crippen LogP contribution in [0.1, 0.15) is 59.8 Å². The first-order valence-corrected chi connectivity index (χ1v) is 13.0. The Morgan fingerprint density at radius 3 is 1.32 bits per heavy atom. The van der Waals surface area contributed by atoms with E-state index in [1.54, 1.807) is 0 Å². The van der Waals surface area contributed by atoms with Crippen molar-refractivity contribution in [3.8, 4) is 0 Å². The van der Waals surface area contributed by atoms with Crippen LogP contribution in [0, 0.1) is 0 Å². The zero-order chi connectivity index (χ0) is 24.3. The number of hydrogen-bond acceptors (Lipinski definition) is 4. The van der Waals surface area contributed by atoms with E-state index in [9.17, 15) is 9.59 Å². The van der Waals surface area contributed by atoms with Gasteiger partial charge in [-0.25, -0.2) is 0 Å². The van der Waals surface area contributed by atoms with Crippen LogP contribution in [0.5, 0.6) is 0 Å². The fraction of sp³-hybridized carbons (Fsp3) is 0.913. The molecule has 2 unspecified atom stereocenters. The summed E-state index contributed by atoms with van der Waals surface area (Å²) in [5.74, 6) is -0.502. The summed E-state index contributed by atoms with van der Waals surface area (Å²) in [6.07, 6.45) is 4.03. The standard InChI is InChI=1S/C23H46Br2N2O4/c1-9-14-26(5,6)16-18-30-20(28)22(3,24)12-11-13-23(4,25)21(29)31-19-17-27(7,8)15-10-2/h9-19H2,1-8H3/q+2. The normalized spacial score (nSPS) is 16.3. The van der Waals surface area contributed by atoms with E-state index in [0.717, 1.165) is 48.0 Å². The number of likely N-dealkylation sites (N-methyl/N-ethyl adjacent to an activating group) is 2. The average Bonchev–Trinajstić information content (AvgIpc) is 2.60. The molecule has 0 amide bonds. The molecule has 0 aliphatic carbocycles. The molecule has 2 atom stereocenters. The van der Waals surface area contributed by atoms with Gasteiger partial charge in [0.1, 0.15) is 35.0 Å². The second kappa shape index (κ2) is 13.5. The SMILES string of the molecule is CCC[N+](C)(C)CCOC(=O)C(C)(Br)CCCC(C)(Br)C(=O)OCC[N+](C)(C)CCC. The molecule has 0 heterocycles. The lowest BCUT2D eigenvalue weighted by atomic mass is 9.98. The van der Waals surface area contributed by atoms with E-state index in [-0.39, 0.29) is 11.9 Å². The van der Waals surface area contributed by atoms with Crippen molar-refractivity contribution in [3.63, 3.8) is 0 Å². The van der Waals surface area contributed by atoms with Crippen LogP contribution < -0.4 is 0 Å². The molecule has 0 N–H and O–H groups in total. The highest BCUT2D eigenvalue weighted by atomic mass is 79.9. The molecule has 184 valence electrons. The van der Waals surface area contributed by atoms with Crippen molar-refractivity contribution in [1.29, 1.82) is 0 Å². The number of carbonyl (C=O) groups is 2. The minimum absolute atomic E-state index is 0.251. The van der Waals surface area contributed by atoms with Gasteiger partial charge in [-0.15, -0.1) is 0 Å². The highest BCUT2D eigenvalue weighted by Gasteiger charge is 2.36. The molecule has 0 spiro atoms. The molecule has 0 rings (SSSR count). The molecule has 0 radical (unpaired) electrons. The van der Waals surface area contributed by atoms with E-state index in [0.29, 0.717) is 32.5 Å². The minimum Gasteiger partial charge on any atom is -0.459 e. The molecule has 0 saturated heterocycles. The molecule has 0 aromatic rings. The molecule has 0 bridgehead atoms. The van der Waals surface area contributed by atoms with E-state index >= 15 is 0 Å². The molecule has 0 aromatic carbocycles. The summed E-state index contributed by atoms with van der Waals surface area (Å²) in [4.78, 5) is 25.0. The van der Waals surface area contributed by atoms with Gasteiger partial charge in [-0.05, 0) is 46.0 Å². The topological polar surface area (TPSA) is 52.6 Å². The van der Waals surface area contributed by atoms with Crippen LogP contribution in [-0.2, 0) is 19.1 Å². The Balaban J connectivity index is 4.41. The number of ether oxygens (including phenoxy) is 2. The molecular formula is C23H46Br2N2O4+2. The number of nitrogens with zero attached hydrogens (tertiary/aromatic N) is 2. The largest absolute Gasteiger partial charge is 0.459 e. The summed E-state index contributed by atoms with van der Waals surface area (Å²) in [5.41, 5.74) is 0. The summed E-state index contributed by atoms with van der Waals surface area (Å²) in [6, 6.07) is 0. The van der Waals surface area contributed by atoms with Gasteiger partial charge in [-0.3, -0.25) is 9.59 Å². The highest BCUT2D eigenvalue weighted by Crippen LogP contribution is 2.31. The molecule has 0 aliphatic heterocycles. The van der Waals surface area contributed by atoms with Crippen LogP contribution in [0.4, 0.5) is 0 Å². The molecule has 6 nitrogen and oxygen atoms in total. The lowest BCUT2D eigenvalue weighted by Gasteiger charge is -2.30. The van der Waals surface area contributed by atoms with Crippen LogP contribution >= 0.6 is 31.9 Å². The molecule has 8 heteroatoms. The third-order valence-electron chi connectivity index (χ3n) is 5.66. The maximum Gasteiger partial charge on any atom is 0.322 e. The third-order valence-corrected chi connectivity index (χ3v) is 7.10. The van der Waals surface area contributed by atoms with E-state index in [2.05, 4.69) is 73.9 Å². The predicted octanol–water partition coefficient (Wildman–Crippen LogP) is 4.52. The van der Waals surface area contributed by atoms with Crippen LogP contribution in [0.25, 0.3) is 0 Å². The van der Waals surface area contributed by atoms with Crippen LogP contribution in [0.15, 0.2) is 0 Å². The van der Waals surface area contributed by atoms with Crippen LogP contribution in [0.2, 0.25) is 0 Å². The number of halogens is 2. The lowest BCUT2D eigenvalue weighted by Crippen LogP contribution is -2.44. The molecule has 31 heavy (non-hydrogen) atoms. The quantitative estimate of drug-likeness (QED) is 0.155. The van der Waals surface area contributed by atoms with Gasteiger partial charge in [0.2, 0.25) is 0 Å². The Kier molecular flexibility index (Phi) is 13.4. The summed E-state index contributed by atoms with van der Waals surface area (Å²) < 4.78 is 11.2. The Hall–Kier alpha value is -0.180. The van der Waals surface area contributed by atoms with Gasteiger partial charge in [0.15, 0.2) is 0 Å². The Morgan fingerprint density at radius 2 is 1.03 bits per heavy atom. The molecular weight excluding hydrogens is 528 g/mol. The fourth-order valence-electron chi connectivity index (χ4n) is 3.46. The molecule has 0 fully saturated rings. The van der Waals surface area contributed by atoms with Crippen molar-refractivity contribution in [3.05, 3.63) is 0 Å². The van der Waals surface area contributed by atoms with Gasteiger partial charge in [0.05, 0.1) is 41.3 Å². The Morgan fingerprint density at radius 1 is 0.710 bits per heavy atom. The van der Waals surface area contributed by atoms with E-state index in [4.69, 9.17) is 9.47 Å². The van der Waals surface area contributed by atoms with Gasteiger partial charge < -0.3 is 18.4 Å². The Bertz CT molecular complexity index is 516. The number of rotatable bonds is 16. The van der Waals surface area contributed by atoms with Gasteiger partial charge >= 0.3 is 11.9 Å². The second-order valence-electron chi connectivity index (χ2n) is 10.3. The third kappa shape index (κ3) is 13.2. The lowest BCUT2D eigenvalue weighted by molar-refractivity contribution is -0.890. The van der Waals surface area contributed by atoms with Crippen molar-refractivity contribution in [1.82, 2.24) is 0 Å². The summed E-state index contributed by atoms with van der Waals surface area (Å²) in [7, 11) is 8.57. The zero-order valence-corrected chi connectivity index (χ0v) is 24.2. The summed E-state index contributed by atoms with van der Waals surface area (Å²) in [5, 5.41) is 0. The van der Waals surface area contributed by atoms with Crippen molar-refractivity contribution in [2.75, 3.05) is 67.6 Å². The summed E-state index contributed by atoms with van der Waals surface area (Å²) >= 11 is 7.06. The van der Waals surface area contributed by atoms with Gasteiger partial charge in [-0.2, -0.15) is 0 Å². The predicted molar refractivity (Wildman–Crippen MR) is 135 cm³/mol.